The van der Waals surface area contributed by atoms with Crippen LogP contribution in [0.1, 0.15) is 0 Å². The number of benzene rings is 2. The number of aromatic hydroxyl groups is 1. The number of para-hydroxylation sites is 1. The molecule has 4 heteroatoms. The number of rotatable bonds is 0. The van der Waals surface area contributed by atoms with Gasteiger partial charge in [0.25, 0.3) is 0 Å². The van der Waals surface area contributed by atoms with E-state index < -0.39 is 5.63 Å². The van der Waals surface area contributed by atoms with E-state index in [0.29, 0.717) is 27.5 Å². The first-order valence-corrected chi connectivity index (χ1v) is 5.81. The highest BCUT2D eigenvalue weighted by Gasteiger charge is 2.15. The topological polar surface area (TPSA) is 63.6 Å². The van der Waals surface area contributed by atoms with Crippen LogP contribution >= 0.6 is 0 Å². The first-order chi connectivity index (χ1) is 9.24. The Morgan fingerprint density at radius 3 is 2.63 bits per heavy atom. The minimum absolute atomic E-state index is 0.0975. The molecule has 0 fully saturated rings. The molecule has 0 saturated carbocycles. The van der Waals surface area contributed by atoms with E-state index in [1.807, 2.05) is 12.1 Å². The minimum Gasteiger partial charge on any atom is -0.508 e. The highest BCUT2D eigenvalue weighted by molar-refractivity contribution is 6.12. The third-order valence-electron chi connectivity index (χ3n) is 3.21. The van der Waals surface area contributed by atoms with Crippen LogP contribution in [0.25, 0.3) is 32.9 Å². The van der Waals surface area contributed by atoms with Gasteiger partial charge in [-0.05, 0) is 24.3 Å². The third kappa shape index (κ3) is 1.31. The molecule has 4 nitrogen and oxygen atoms in total. The van der Waals surface area contributed by atoms with E-state index in [2.05, 4.69) is 0 Å². The molecule has 0 aliphatic heterocycles. The Morgan fingerprint density at radius 2 is 1.74 bits per heavy atom. The second-order valence-corrected chi connectivity index (χ2v) is 4.37. The molecule has 1 N–H and O–H groups in total. The Kier molecular flexibility index (Phi) is 1.82. The van der Waals surface area contributed by atoms with Crippen LogP contribution in [0.4, 0.5) is 0 Å². The molecule has 2 aromatic heterocycles. The second kappa shape index (κ2) is 3.38. The number of hydrogen-bond acceptors (Lipinski definition) is 4. The Labute approximate surface area is 106 Å². The summed E-state index contributed by atoms with van der Waals surface area (Å²) in [6.45, 7) is 0. The van der Waals surface area contributed by atoms with Gasteiger partial charge in [0.2, 0.25) is 0 Å². The van der Waals surface area contributed by atoms with Crippen LogP contribution in [0.3, 0.4) is 0 Å². The Hall–Kier alpha value is -2.75. The second-order valence-electron chi connectivity index (χ2n) is 4.37. The van der Waals surface area contributed by atoms with Gasteiger partial charge in [-0.1, -0.05) is 12.1 Å². The molecule has 0 bridgehead atoms. The van der Waals surface area contributed by atoms with Crippen LogP contribution in [0.5, 0.6) is 5.75 Å². The van der Waals surface area contributed by atoms with E-state index in [0.717, 1.165) is 5.39 Å². The summed E-state index contributed by atoms with van der Waals surface area (Å²) in [5, 5.41) is 11.3. The Bertz CT molecular complexity index is 991. The summed E-state index contributed by atoms with van der Waals surface area (Å²) in [5.41, 5.74) is 1.02. The molecule has 0 spiro atoms. The highest BCUT2D eigenvalue weighted by Crippen LogP contribution is 2.32. The van der Waals surface area contributed by atoms with Crippen molar-refractivity contribution in [3.63, 3.8) is 0 Å². The molecular formula is C15H8O4. The summed E-state index contributed by atoms with van der Waals surface area (Å²) < 4.78 is 11.0. The average Bonchev–Trinajstić information content (AvgIpc) is 2.78. The van der Waals surface area contributed by atoms with Crippen LogP contribution in [0.2, 0.25) is 0 Å². The smallest absolute Gasteiger partial charge is 0.348 e. The van der Waals surface area contributed by atoms with Gasteiger partial charge in [-0.15, -0.1) is 0 Å². The van der Waals surface area contributed by atoms with E-state index in [9.17, 15) is 9.90 Å². The van der Waals surface area contributed by atoms with E-state index in [-0.39, 0.29) is 5.75 Å². The molecule has 0 saturated heterocycles. The molecule has 0 amide bonds. The summed E-state index contributed by atoms with van der Waals surface area (Å²) in [4.78, 5) is 12.1. The zero-order valence-electron chi connectivity index (χ0n) is 9.71. The molecule has 0 aliphatic rings. The quantitative estimate of drug-likeness (QED) is 0.487. The van der Waals surface area contributed by atoms with Gasteiger partial charge < -0.3 is 13.9 Å². The number of fused-ring (bicyclic) bond motifs is 5. The summed E-state index contributed by atoms with van der Waals surface area (Å²) >= 11 is 0. The number of hydrogen-bond donors (Lipinski definition) is 1. The van der Waals surface area contributed by atoms with E-state index in [1.165, 1.54) is 12.1 Å². The van der Waals surface area contributed by atoms with Crippen LogP contribution in [-0.4, -0.2) is 5.11 Å². The van der Waals surface area contributed by atoms with Gasteiger partial charge in [0.1, 0.15) is 22.3 Å². The maximum Gasteiger partial charge on any atom is 0.348 e. The van der Waals surface area contributed by atoms with Crippen molar-refractivity contribution in [1.29, 1.82) is 0 Å². The molecule has 2 heterocycles. The van der Waals surface area contributed by atoms with Crippen molar-refractivity contribution in [1.82, 2.24) is 0 Å². The lowest BCUT2D eigenvalue weighted by Gasteiger charge is -1.95. The number of phenolic OH excluding ortho intramolecular Hbond substituents is 1. The van der Waals surface area contributed by atoms with Gasteiger partial charge in [-0.25, -0.2) is 4.79 Å². The normalized spacial score (nSPS) is 11.6. The molecule has 19 heavy (non-hydrogen) atoms. The monoisotopic (exact) mass is 252 g/mol. The fourth-order valence-corrected chi connectivity index (χ4v) is 2.37. The first-order valence-electron chi connectivity index (χ1n) is 5.81. The van der Waals surface area contributed by atoms with Crippen molar-refractivity contribution in [3.8, 4) is 5.75 Å². The molecule has 0 aliphatic carbocycles. The van der Waals surface area contributed by atoms with Crippen LogP contribution in [0.15, 0.2) is 56.1 Å². The van der Waals surface area contributed by atoms with Crippen molar-refractivity contribution < 1.29 is 13.9 Å². The molecule has 2 aromatic carbocycles. The molecule has 0 atom stereocenters. The molecule has 4 aromatic rings. The highest BCUT2D eigenvalue weighted by atomic mass is 16.4. The van der Waals surface area contributed by atoms with Crippen molar-refractivity contribution in [2.24, 2.45) is 0 Å². The van der Waals surface area contributed by atoms with Crippen molar-refractivity contribution in [2.75, 3.05) is 0 Å². The first kappa shape index (κ1) is 10.2. The minimum atomic E-state index is -0.432. The standard InChI is InChI=1S/C15H8O4/c16-8-5-6-9-12(7-8)18-14-10-3-1-2-4-11(10)19-15(17)13(9)14/h1-7,16H. The van der Waals surface area contributed by atoms with Gasteiger partial charge in [-0.3, -0.25) is 0 Å². The van der Waals surface area contributed by atoms with Crippen LogP contribution in [0, 0.1) is 0 Å². The van der Waals surface area contributed by atoms with Crippen molar-refractivity contribution >= 4 is 32.9 Å². The van der Waals surface area contributed by atoms with Gasteiger partial charge >= 0.3 is 5.63 Å². The lowest BCUT2D eigenvalue weighted by Crippen LogP contribution is -1.97. The molecule has 92 valence electrons. The SMILES string of the molecule is O=c1oc2ccccc2c2oc3cc(O)ccc3c12. The Balaban J connectivity index is 2.37. The molecular weight excluding hydrogens is 244 g/mol. The van der Waals surface area contributed by atoms with Crippen molar-refractivity contribution in [2.45, 2.75) is 0 Å². The zero-order chi connectivity index (χ0) is 13.0. The van der Waals surface area contributed by atoms with Gasteiger partial charge in [0, 0.05) is 11.5 Å². The fraction of sp³-hybridized carbons (Fsp3) is 0. The van der Waals surface area contributed by atoms with Crippen molar-refractivity contribution in [3.05, 3.63) is 52.9 Å². The predicted molar refractivity (Wildman–Crippen MR) is 71.4 cm³/mol. The molecule has 0 radical (unpaired) electrons. The van der Waals surface area contributed by atoms with Gasteiger partial charge in [0.05, 0.1) is 5.39 Å². The molecule has 4 rings (SSSR count). The maximum atomic E-state index is 12.1. The third-order valence-corrected chi connectivity index (χ3v) is 3.21. The van der Waals surface area contributed by atoms with Crippen LogP contribution in [-0.2, 0) is 0 Å². The lowest BCUT2D eigenvalue weighted by molar-refractivity contribution is 0.475. The average molecular weight is 252 g/mol. The summed E-state index contributed by atoms with van der Waals surface area (Å²) in [5.74, 6) is 0.0975. The number of furan rings is 1. The van der Waals surface area contributed by atoms with E-state index >= 15 is 0 Å². The van der Waals surface area contributed by atoms with E-state index in [4.69, 9.17) is 8.83 Å². The summed E-state index contributed by atoms with van der Waals surface area (Å²) in [6, 6.07) is 11.9. The summed E-state index contributed by atoms with van der Waals surface area (Å²) in [7, 11) is 0. The summed E-state index contributed by atoms with van der Waals surface area (Å²) in [6.07, 6.45) is 0. The van der Waals surface area contributed by atoms with Gasteiger partial charge in [0.15, 0.2) is 5.58 Å². The maximum absolute atomic E-state index is 12.1. The van der Waals surface area contributed by atoms with Gasteiger partial charge in [-0.2, -0.15) is 0 Å². The molecule has 0 unspecified atom stereocenters. The largest absolute Gasteiger partial charge is 0.508 e. The van der Waals surface area contributed by atoms with Crippen LogP contribution < -0.4 is 5.63 Å². The lowest BCUT2D eigenvalue weighted by atomic mass is 10.1. The predicted octanol–water partition coefficient (Wildman–Crippen LogP) is 3.40. The zero-order valence-corrected chi connectivity index (χ0v) is 9.71. The number of phenols is 1. The van der Waals surface area contributed by atoms with E-state index in [1.54, 1.807) is 18.2 Å². The Morgan fingerprint density at radius 1 is 0.895 bits per heavy atom. The fourth-order valence-electron chi connectivity index (χ4n) is 2.37.